The monoisotopic (exact) mass is 431 g/mol. The van der Waals surface area contributed by atoms with Gasteiger partial charge in [0.2, 0.25) is 15.9 Å². The van der Waals surface area contributed by atoms with Crippen molar-refractivity contribution in [1.29, 1.82) is 0 Å². The summed E-state index contributed by atoms with van der Waals surface area (Å²) in [5.41, 5.74) is 3.43. The number of nitro benzene ring substituents is 1. The van der Waals surface area contributed by atoms with E-state index >= 15 is 0 Å². The predicted molar refractivity (Wildman–Crippen MR) is 115 cm³/mol. The van der Waals surface area contributed by atoms with E-state index in [4.69, 9.17) is 0 Å². The number of benzene rings is 2. The van der Waals surface area contributed by atoms with Gasteiger partial charge in [-0.2, -0.15) is 0 Å². The van der Waals surface area contributed by atoms with E-state index in [2.05, 4.69) is 17.4 Å². The van der Waals surface area contributed by atoms with Crippen molar-refractivity contribution in [1.82, 2.24) is 5.32 Å². The summed E-state index contributed by atoms with van der Waals surface area (Å²) >= 11 is 0. The largest absolute Gasteiger partial charge is 0.348 e. The maximum Gasteiger partial charge on any atom is 0.271 e. The Bertz CT molecular complexity index is 1070. The van der Waals surface area contributed by atoms with Crippen LogP contribution in [-0.2, 0) is 27.7 Å². The number of sulfonamides is 1. The number of rotatable bonds is 7. The predicted octanol–water partition coefficient (Wildman–Crippen LogP) is 3.12. The van der Waals surface area contributed by atoms with E-state index in [0.717, 1.165) is 41.5 Å². The van der Waals surface area contributed by atoms with Gasteiger partial charge in [0.15, 0.2) is 0 Å². The van der Waals surface area contributed by atoms with Crippen molar-refractivity contribution < 1.29 is 18.1 Å². The Hall–Kier alpha value is -2.94. The van der Waals surface area contributed by atoms with Crippen LogP contribution in [0.1, 0.15) is 42.5 Å². The minimum Gasteiger partial charge on any atom is -0.348 e. The number of non-ortho nitro benzene ring substituents is 1. The normalized spacial score (nSPS) is 14.5. The number of carbonyl (C=O) groups excluding carboxylic acids is 1. The molecule has 1 unspecified atom stereocenters. The van der Waals surface area contributed by atoms with E-state index in [1.54, 1.807) is 0 Å². The Balaban J connectivity index is 1.75. The first-order chi connectivity index (χ1) is 14.1. The van der Waals surface area contributed by atoms with Crippen molar-refractivity contribution >= 4 is 27.3 Å². The number of nitrogens with one attached hydrogen (secondary N) is 1. The number of amides is 1. The second kappa shape index (κ2) is 8.83. The first-order valence-electron chi connectivity index (χ1n) is 9.78. The summed E-state index contributed by atoms with van der Waals surface area (Å²) in [5, 5.41) is 13.8. The van der Waals surface area contributed by atoms with Crippen LogP contribution in [0.25, 0.3) is 0 Å². The molecule has 1 N–H and O–H groups in total. The van der Waals surface area contributed by atoms with Crippen molar-refractivity contribution in [3.8, 4) is 0 Å². The summed E-state index contributed by atoms with van der Waals surface area (Å²) in [6.07, 6.45) is 5.41. The molecular formula is C21H25N3O5S. The molecule has 0 saturated heterocycles. The number of fused-ring (bicyclic) bond motifs is 1. The smallest absolute Gasteiger partial charge is 0.271 e. The molecule has 30 heavy (non-hydrogen) atoms. The summed E-state index contributed by atoms with van der Waals surface area (Å²) in [7, 11) is -3.82. The highest BCUT2D eigenvalue weighted by Crippen LogP contribution is 2.25. The van der Waals surface area contributed by atoms with Crippen LogP contribution in [0.15, 0.2) is 42.5 Å². The topological polar surface area (TPSA) is 110 Å². The average Bonchev–Trinajstić information content (AvgIpc) is 2.70. The zero-order chi connectivity index (χ0) is 21.9. The molecule has 0 saturated carbocycles. The van der Waals surface area contributed by atoms with Crippen LogP contribution in [0.2, 0.25) is 0 Å². The van der Waals surface area contributed by atoms with Crippen LogP contribution in [0.5, 0.6) is 0 Å². The van der Waals surface area contributed by atoms with Gasteiger partial charge < -0.3 is 5.32 Å². The van der Waals surface area contributed by atoms with Crippen molar-refractivity contribution in [3.05, 3.63) is 69.3 Å². The molecule has 0 spiro atoms. The van der Waals surface area contributed by atoms with E-state index in [1.165, 1.54) is 35.7 Å². The third-order valence-electron chi connectivity index (χ3n) is 5.27. The maximum absolute atomic E-state index is 12.6. The Morgan fingerprint density at radius 2 is 1.87 bits per heavy atom. The first kappa shape index (κ1) is 21.8. The van der Waals surface area contributed by atoms with Gasteiger partial charge in [0.25, 0.3) is 5.69 Å². The van der Waals surface area contributed by atoms with E-state index < -0.39 is 27.4 Å². The molecule has 2 aromatic rings. The molecule has 3 rings (SSSR count). The third kappa shape index (κ3) is 5.15. The number of anilines is 1. The Morgan fingerprint density at radius 3 is 2.53 bits per heavy atom. The van der Waals surface area contributed by atoms with Crippen molar-refractivity contribution in [2.45, 2.75) is 38.6 Å². The van der Waals surface area contributed by atoms with E-state index in [9.17, 15) is 23.3 Å². The van der Waals surface area contributed by atoms with Gasteiger partial charge in [-0.25, -0.2) is 8.42 Å². The van der Waals surface area contributed by atoms with Crippen molar-refractivity contribution in [3.63, 3.8) is 0 Å². The zero-order valence-electron chi connectivity index (χ0n) is 17.0. The van der Waals surface area contributed by atoms with Gasteiger partial charge >= 0.3 is 0 Å². The number of carbonyl (C=O) groups is 1. The number of hydrogen-bond acceptors (Lipinski definition) is 5. The van der Waals surface area contributed by atoms with Crippen LogP contribution in [-0.4, -0.2) is 32.0 Å². The van der Waals surface area contributed by atoms with Gasteiger partial charge in [-0.1, -0.05) is 24.3 Å². The molecule has 0 aliphatic heterocycles. The molecule has 160 valence electrons. The lowest BCUT2D eigenvalue weighted by Gasteiger charge is -2.24. The van der Waals surface area contributed by atoms with Crippen LogP contribution in [0.3, 0.4) is 0 Å². The molecule has 9 heteroatoms. The van der Waals surface area contributed by atoms with Gasteiger partial charge in [0.05, 0.1) is 22.9 Å². The van der Waals surface area contributed by atoms with Crippen LogP contribution in [0, 0.1) is 10.1 Å². The fourth-order valence-corrected chi connectivity index (χ4v) is 4.53. The average molecular weight is 432 g/mol. The highest BCUT2D eigenvalue weighted by molar-refractivity contribution is 7.92. The van der Waals surface area contributed by atoms with Crippen LogP contribution in [0.4, 0.5) is 11.4 Å². The highest BCUT2D eigenvalue weighted by Gasteiger charge is 2.23. The molecule has 1 aliphatic rings. The van der Waals surface area contributed by atoms with Crippen LogP contribution < -0.4 is 9.62 Å². The molecule has 0 bridgehead atoms. The quantitative estimate of drug-likeness (QED) is 0.535. The molecule has 1 amide bonds. The minimum absolute atomic E-state index is 0.0725. The maximum atomic E-state index is 12.6. The lowest BCUT2D eigenvalue weighted by Crippen LogP contribution is -2.41. The molecule has 0 fully saturated rings. The standard InChI is InChI=1S/C21H25N3O5S/c1-15(17-11-10-16-6-3-4-7-18(16)12-17)22-21(25)14-23(30(2,28)29)19-8-5-9-20(13-19)24(26)27/h5,8-13,15H,3-4,6-7,14H2,1-2H3,(H,22,25). The molecule has 0 heterocycles. The number of nitro groups is 1. The summed E-state index contributed by atoms with van der Waals surface area (Å²) < 4.78 is 25.4. The fourth-order valence-electron chi connectivity index (χ4n) is 3.69. The number of aryl methyl sites for hydroxylation is 2. The molecule has 2 aromatic carbocycles. The van der Waals surface area contributed by atoms with Gasteiger partial charge in [0.1, 0.15) is 6.54 Å². The third-order valence-corrected chi connectivity index (χ3v) is 6.41. The summed E-state index contributed by atoms with van der Waals surface area (Å²) in [5.74, 6) is -0.489. The first-order valence-corrected chi connectivity index (χ1v) is 11.6. The van der Waals surface area contributed by atoms with Gasteiger partial charge in [-0.15, -0.1) is 0 Å². The Kier molecular flexibility index (Phi) is 6.40. The molecule has 1 atom stereocenters. The lowest BCUT2D eigenvalue weighted by molar-refractivity contribution is -0.384. The van der Waals surface area contributed by atoms with Gasteiger partial charge in [0, 0.05) is 12.1 Å². The SMILES string of the molecule is CC(NC(=O)CN(c1cccc([N+](=O)[O-])c1)S(C)(=O)=O)c1ccc2c(c1)CCCC2. The Labute approximate surface area is 176 Å². The fraction of sp³-hybridized carbons (Fsp3) is 0.381. The summed E-state index contributed by atoms with van der Waals surface area (Å²) in [4.78, 5) is 23.0. The number of nitrogens with zero attached hydrogens (tertiary/aromatic N) is 2. The van der Waals surface area contributed by atoms with E-state index in [-0.39, 0.29) is 17.4 Å². The van der Waals surface area contributed by atoms with Gasteiger partial charge in [-0.05, 0) is 55.4 Å². The molecule has 0 radical (unpaired) electrons. The van der Waals surface area contributed by atoms with Crippen molar-refractivity contribution in [2.24, 2.45) is 0 Å². The summed E-state index contributed by atoms with van der Waals surface area (Å²) in [6, 6.07) is 11.1. The van der Waals surface area contributed by atoms with Crippen LogP contribution >= 0.6 is 0 Å². The van der Waals surface area contributed by atoms with E-state index in [0.29, 0.717) is 0 Å². The minimum atomic E-state index is -3.82. The zero-order valence-corrected chi connectivity index (χ0v) is 17.8. The molecule has 0 aromatic heterocycles. The highest BCUT2D eigenvalue weighted by atomic mass is 32.2. The molecular weight excluding hydrogens is 406 g/mol. The summed E-state index contributed by atoms with van der Waals surface area (Å²) in [6.45, 7) is 1.38. The van der Waals surface area contributed by atoms with E-state index in [1.807, 2.05) is 13.0 Å². The van der Waals surface area contributed by atoms with Gasteiger partial charge in [-0.3, -0.25) is 19.2 Å². The lowest BCUT2D eigenvalue weighted by atomic mass is 9.89. The molecule has 1 aliphatic carbocycles. The molecule has 8 nitrogen and oxygen atoms in total. The second-order valence-corrected chi connectivity index (χ2v) is 9.48. The van der Waals surface area contributed by atoms with Crippen molar-refractivity contribution in [2.75, 3.05) is 17.1 Å². The number of hydrogen-bond donors (Lipinski definition) is 1. The second-order valence-electron chi connectivity index (χ2n) is 7.57. The Morgan fingerprint density at radius 1 is 1.17 bits per heavy atom.